The predicted octanol–water partition coefficient (Wildman–Crippen LogP) is 6.78. The molecule has 27 heavy (non-hydrogen) atoms. The van der Waals surface area contributed by atoms with Gasteiger partial charge in [0.05, 0.1) is 5.57 Å². The summed E-state index contributed by atoms with van der Waals surface area (Å²) in [5.41, 5.74) is 0.0369. The SMILES string of the molecule is CCCCCCCCCCCCCCCCCC(=O)OC=C(C)C(=O)O.[Zn]. The van der Waals surface area contributed by atoms with Crippen molar-refractivity contribution in [2.75, 3.05) is 0 Å². The van der Waals surface area contributed by atoms with Gasteiger partial charge in [-0.05, 0) is 13.3 Å². The maximum Gasteiger partial charge on any atom is 0.334 e. The number of carbonyl (C=O) groups is 2. The number of carboxylic acids is 1. The van der Waals surface area contributed by atoms with E-state index < -0.39 is 5.97 Å². The minimum atomic E-state index is -1.07. The van der Waals surface area contributed by atoms with Crippen LogP contribution in [0.3, 0.4) is 0 Å². The summed E-state index contributed by atoms with van der Waals surface area (Å²) in [7, 11) is 0. The monoisotopic (exact) mass is 432 g/mol. The van der Waals surface area contributed by atoms with E-state index in [2.05, 4.69) is 6.92 Å². The number of ether oxygens (including phenoxy) is 1. The first-order valence-corrected chi connectivity index (χ1v) is 10.7. The van der Waals surface area contributed by atoms with Crippen LogP contribution in [0.15, 0.2) is 11.8 Å². The fraction of sp³-hybridized carbons (Fsp3) is 0.818. The van der Waals surface area contributed by atoms with E-state index >= 15 is 0 Å². The molecule has 4 nitrogen and oxygen atoms in total. The van der Waals surface area contributed by atoms with E-state index in [4.69, 9.17) is 9.84 Å². The van der Waals surface area contributed by atoms with E-state index in [1.807, 2.05) is 0 Å². The third kappa shape index (κ3) is 21.5. The molecule has 0 rings (SSSR count). The number of hydrogen-bond acceptors (Lipinski definition) is 3. The Hall–Kier alpha value is -0.697. The van der Waals surface area contributed by atoms with E-state index in [9.17, 15) is 9.59 Å². The molecule has 0 fully saturated rings. The molecule has 0 spiro atoms. The molecule has 1 N–H and O–H groups in total. The number of aliphatic carboxylic acids is 1. The zero-order valence-corrected chi connectivity index (χ0v) is 20.7. The van der Waals surface area contributed by atoms with Gasteiger partial charge in [-0.3, -0.25) is 4.79 Å². The summed E-state index contributed by atoms with van der Waals surface area (Å²) >= 11 is 0. The average Bonchev–Trinajstić information content (AvgIpc) is 2.62. The van der Waals surface area contributed by atoms with E-state index in [-0.39, 0.29) is 31.0 Å². The minimum absolute atomic E-state index is 0. The van der Waals surface area contributed by atoms with Crippen LogP contribution < -0.4 is 0 Å². The molecule has 0 amide bonds. The molecule has 0 aliphatic carbocycles. The summed E-state index contributed by atoms with van der Waals surface area (Å²) in [5, 5.41) is 8.65. The quantitative estimate of drug-likeness (QED) is 0.0850. The summed E-state index contributed by atoms with van der Waals surface area (Å²) in [6.07, 6.45) is 20.7. The minimum Gasteiger partial charge on any atom is -0.478 e. The molecule has 0 heterocycles. The van der Waals surface area contributed by atoms with Gasteiger partial charge < -0.3 is 9.84 Å². The van der Waals surface area contributed by atoms with Gasteiger partial charge in [0, 0.05) is 25.9 Å². The number of rotatable bonds is 18. The Balaban J connectivity index is 0. The van der Waals surface area contributed by atoms with E-state index in [0.29, 0.717) is 6.42 Å². The fourth-order valence-corrected chi connectivity index (χ4v) is 2.90. The molecule has 0 saturated heterocycles. The molecule has 0 aromatic carbocycles. The third-order valence-electron chi connectivity index (χ3n) is 4.69. The fourth-order valence-electron chi connectivity index (χ4n) is 2.90. The summed E-state index contributed by atoms with van der Waals surface area (Å²) in [6.45, 7) is 3.67. The largest absolute Gasteiger partial charge is 0.478 e. The maximum atomic E-state index is 11.4. The van der Waals surface area contributed by atoms with Crippen molar-refractivity contribution in [3.05, 3.63) is 11.8 Å². The molecular weight excluding hydrogens is 394 g/mol. The molecule has 0 unspecified atom stereocenters. The second kappa shape index (κ2) is 21.6. The predicted molar refractivity (Wildman–Crippen MR) is 107 cm³/mol. The van der Waals surface area contributed by atoms with Crippen molar-refractivity contribution >= 4 is 11.9 Å². The molecule has 0 aliphatic rings. The Bertz CT molecular complexity index is 394. The Morgan fingerprint density at radius 2 is 1.11 bits per heavy atom. The van der Waals surface area contributed by atoms with Crippen LogP contribution in [0, 0.1) is 0 Å². The van der Waals surface area contributed by atoms with Crippen LogP contribution in [-0.2, 0) is 33.8 Å². The molecule has 0 aromatic heterocycles. The van der Waals surface area contributed by atoms with Crippen LogP contribution in [0.1, 0.15) is 117 Å². The number of carboxylic acid groups (broad SMARTS) is 1. The first-order chi connectivity index (χ1) is 12.6. The molecule has 0 saturated carbocycles. The second-order valence-electron chi connectivity index (χ2n) is 7.30. The smallest absolute Gasteiger partial charge is 0.334 e. The molecule has 0 radical (unpaired) electrons. The molecule has 0 atom stereocenters. The summed E-state index contributed by atoms with van der Waals surface area (Å²) in [5.74, 6) is -1.41. The van der Waals surface area contributed by atoms with Gasteiger partial charge in [0.2, 0.25) is 0 Å². The van der Waals surface area contributed by atoms with Crippen LogP contribution in [0.2, 0.25) is 0 Å². The van der Waals surface area contributed by atoms with Crippen molar-refractivity contribution in [2.45, 2.75) is 117 Å². The Kier molecular flexibility index (Phi) is 22.8. The van der Waals surface area contributed by atoms with Crippen molar-refractivity contribution in [3.8, 4) is 0 Å². The molecule has 0 aromatic rings. The van der Waals surface area contributed by atoms with Gasteiger partial charge in [0.25, 0.3) is 0 Å². The Morgan fingerprint density at radius 1 is 0.741 bits per heavy atom. The van der Waals surface area contributed by atoms with Gasteiger partial charge in [-0.25, -0.2) is 4.79 Å². The van der Waals surface area contributed by atoms with E-state index in [1.54, 1.807) is 0 Å². The molecular formula is C22H40O4Zn. The molecule has 154 valence electrons. The van der Waals surface area contributed by atoms with Crippen LogP contribution in [0.4, 0.5) is 0 Å². The third-order valence-corrected chi connectivity index (χ3v) is 4.69. The molecule has 0 bridgehead atoms. The van der Waals surface area contributed by atoms with Crippen molar-refractivity contribution in [1.29, 1.82) is 0 Å². The molecule has 0 aliphatic heterocycles. The standard InChI is InChI=1S/C22H40O4.Zn/c1-3-4-5-6-7-8-9-10-11-12-13-14-15-16-17-18-21(23)26-19-20(2)22(24)25;/h19H,3-18H2,1-2H3,(H,24,25);. The average molecular weight is 434 g/mol. The number of esters is 1. The van der Waals surface area contributed by atoms with Gasteiger partial charge >= 0.3 is 11.9 Å². The van der Waals surface area contributed by atoms with Crippen molar-refractivity contribution < 1.29 is 38.9 Å². The normalized spacial score (nSPS) is 11.1. The number of unbranched alkanes of at least 4 members (excludes halogenated alkanes) is 14. The van der Waals surface area contributed by atoms with Crippen molar-refractivity contribution in [1.82, 2.24) is 0 Å². The van der Waals surface area contributed by atoms with Gasteiger partial charge in [0.15, 0.2) is 0 Å². The Morgan fingerprint density at radius 3 is 1.48 bits per heavy atom. The Labute approximate surface area is 179 Å². The van der Waals surface area contributed by atoms with Crippen LogP contribution in [-0.4, -0.2) is 17.0 Å². The zero-order valence-electron chi connectivity index (χ0n) is 17.8. The first kappa shape index (κ1) is 28.5. The van der Waals surface area contributed by atoms with Gasteiger partial charge in [0.1, 0.15) is 6.26 Å². The number of hydrogen-bond donors (Lipinski definition) is 1. The first-order valence-electron chi connectivity index (χ1n) is 10.7. The topological polar surface area (TPSA) is 63.6 Å². The van der Waals surface area contributed by atoms with E-state index in [1.165, 1.54) is 84.0 Å². The van der Waals surface area contributed by atoms with Crippen molar-refractivity contribution in [3.63, 3.8) is 0 Å². The van der Waals surface area contributed by atoms with Gasteiger partial charge in [-0.2, -0.15) is 0 Å². The number of carbonyl (C=O) groups excluding carboxylic acids is 1. The summed E-state index contributed by atoms with van der Waals surface area (Å²) in [4.78, 5) is 22.0. The molecule has 5 heteroatoms. The van der Waals surface area contributed by atoms with Gasteiger partial charge in [-0.15, -0.1) is 0 Å². The van der Waals surface area contributed by atoms with Crippen LogP contribution in [0.25, 0.3) is 0 Å². The van der Waals surface area contributed by atoms with E-state index in [0.717, 1.165) is 25.5 Å². The summed E-state index contributed by atoms with van der Waals surface area (Å²) < 4.78 is 4.80. The second-order valence-corrected chi connectivity index (χ2v) is 7.30. The van der Waals surface area contributed by atoms with Crippen LogP contribution in [0.5, 0.6) is 0 Å². The zero-order chi connectivity index (χ0) is 19.5. The van der Waals surface area contributed by atoms with Crippen molar-refractivity contribution in [2.24, 2.45) is 0 Å². The maximum absolute atomic E-state index is 11.4. The van der Waals surface area contributed by atoms with Crippen LogP contribution >= 0.6 is 0 Å². The summed E-state index contributed by atoms with van der Waals surface area (Å²) in [6, 6.07) is 0. The van der Waals surface area contributed by atoms with Gasteiger partial charge in [-0.1, -0.05) is 96.8 Å².